The highest BCUT2D eigenvalue weighted by atomic mass is 16.1. The zero-order valence-corrected chi connectivity index (χ0v) is 15.7. The van der Waals surface area contributed by atoms with Crippen LogP contribution in [0, 0.1) is 0 Å². The number of nitrogens with two attached hydrogens (primary N) is 2. The minimum Gasteiger partial charge on any atom is -0.398 e. The number of aromatic nitrogens is 2. The standard InChI is InChI=1S/C20H28N6O/c21-16-7-5-11-25(14-16)20-23-12-18(24-9-3-4-10-24)19(27)26(20)13-15-6-1-2-8-17(15)22/h1-2,6,8,12,16H,3-5,7,9-11,13-14,21-22H2/t16-/m1/s1. The molecule has 0 unspecified atom stereocenters. The molecule has 0 amide bonds. The summed E-state index contributed by atoms with van der Waals surface area (Å²) in [6.07, 6.45) is 6.01. The van der Waals surface area contributed by atoms with Gasteiger partial charge in [0.15, 0.2) is 0 Å². The lowest BCUT2D eigenvalue weighted by molar-refractivity contribution is 0.491. The van der Waals surface area contributed by atoms with Gasteiger partial charge in [0.05, 0.1) is 12.7 Å². The third-order valence-corrected chi connectivity index (χ3v) is 5.58. The predicted octanol–water partition coefficient (Wildman–Crippen LogP) is 1.40. The first kappa shape index (κ1) is 17.9. The predicted molar refractivity (Wildman–Crippen MR) is 109 cm³/mol. The molecule has 1 aromatic heterocycles. The highest BCUT2D eigenvalue weighted by Crippen LogP contribution is 2.22. The fourth-order valence-corrected chi connectivity index (χ4v) is 4.08. The zero-order chi connectivity index (χ0) is 18.8. The van der Waals surface area contributed by atoms with Crippen LogP contribution in [0.4, 0.5) is 17.3 Å². The smallest absolute Gasteiger partial charge is 0.278 e. The summed E-state index contributed by atoms with van der Waals surface area (Å²) in [4.78, 5) is 22.4. The summed E-state index contributed by atoms with van der Waals surface area (Å²) in [6.45, 7) is 3.84. The van der Waals surface area contributed by atoms with E-state index in [1.807, 2.05) is 24.3 Å². The topological polar surface area (TPSA) is 93.4 Å². The first-order chi connectivity index (χ1) is 13.1. The summed E-state index contributed by atoms with van der Waals surface area (Å²) in [6, 6.07) is 7.81. The molecule has 0 bridgehead atoms. The molecule has 27 heavy (non-hydrogen) atoms. The van der Waals surface area contributed by atoms with E-state index >= 15 is 0 Å². The molecule has 0 saturated carbocycles. The molecule has 2 saturated heterocycles. The van der Waals surface area contributed by atoms with Crippen molar-refractivity contribution in [3.05, 3.63) is 46.4 Å². The third-order valence-electron chi connectivity index (χ3n) is 5.58. The van der Waals surface area contributed by atoms with Crippen molar-refractivity contribution in [2.45, 2.75) is 38.3 Å². The summed E-state index contributed by atoms with van der Waals surface area (Å²) in [5.74, 6) is 0.696. The summed E-state index contributed by atoms with van der Waals surface area (Å²) in [5.41, 5.74) is 14.6. The van der Waals surface area contributed by atoms with E-state index in [4.69, 9.17) is 16.5 Å². The second-order valence-electron chi connectivity index (χ2n) is 7.58. The van der Waals surface area contributed by atoms with Gasteiger partial charge in [-0.15, -0.1) is 0 Å². The molecule has 3 heterocycles. The summed E-state index contributed by atoms with van der Waals surface area (Å²) in [5, 5.41) is 0. The molecule has 0 aliphatic carbocycles. The van der Waals surface area contributed by atoms with Crippen LogP contribution >= 0.6 is 0 Å². The Morgan fingerprint density at radius 1 is 1.07 bits per heavy atom. The van der Waals surface area contributed by atoms with E-state index in [1.54, 1.807) is 10.8 Å². The highest BCUT2D eigenvalue weighted by molar-refractivity contribution is 5.50. The first-order valence-electron chi connectivity index (χ1n) is 9.82. The van der Waals surface area contributed by atoms with Crippen molar-refractivity contribution in [3.63, 3.8) is 0 Å². The molecular weight excluding hydrogens is 340 g/mol. The molecule has 4 rings (SSSR count). The Morgan fingerprint density at radius 2 is 1.81 bits per heavy atom. The largest absolute Gasteiger partial charge is 0.398 e. The van der Waals surface area contributed by atoms with Gasteiger partial charge in [0.1, 0.15) is 5.69 Å². The van der Waals surface area contributed by atoms with Crippen LogP contribution in [0.1, 0.15) is 31.2 Å². The molecule has 0 radical (unpaired) electrons. The average Bonchev–Trinajstić information content (AvgIpc) is 3.19. The molecule has 1 atom stereocenters. The molecule has 0 spiro atoms. The van der Waals surface area contributed by atoms with Crippen LogP contribution in [0.15, 0.2) is 35.3 Å². The number of rotatable bonds is 4. The number of nitrogen functional groups attached to an aromatic ring is 1. The van der Waals surface area contributed by atoms with Gasteiger partial charge in [0, 0.05) is 37.9 Å². The van der Waals surface area contributed by atoms with Gasteiger partial charge >= 0.3 is 0 Å². The monoisotopic (exact) mass is 368 g/mol. The van der Waals surface area contributed by atoms with E-state index in [1.165, 1.54) is 0 Å². The minimum absolute atomic E-state index is 0.00398. The summed E-state index contributed by atoms with van der Waals surface area (Å²) >= 11 is 0. The van der Waals surface area contributed by atoms with Crippen molar-refractivity contribution in [2.24, 2.45) is 5.73 Å². The van der Waals surface area contributed by atoms with Gasteiger partial charge in [-0.25, -0.2) is 4.98 Å². The van der Waals surface area contributed by atoms with E-state index in [-0.39, 0.29) is 11.6 Å². The molecule has 2 aliphatic rings. The molecule has 7 nitrogen and oxygen atoms in total. The quantitative estimate of drug-likeness (QED) is 0.793. The molecule has 1 aromatic carbocycles. The van der Waals surface area contributed by atoms with Crippen LogP contribution in [0.2, 0.25) is 0 Å². The number of hydrogen-bond donors (Lipinski definition) is 2. The minimum atomic E-state index is 0.00398. The zero-order valence-electron chi connectivity index (χ0n) is 15.7. The van der Waals surface area contributed by atoms with Crippen LogP contribution in [0.5, 0.6) is 0 Å². The van der Waals surface area contributed by atoms with E-state index in [0.29, 0.717) is 23.9 Å². The molecule has 144 valence electrons. The Kier molecular flexibility index (Phi) is 5.03. The number of para-hydroxylation sites is 1. The number of benzene rings is 1. The fraction of sp³-hybridized carbons (Fsp3) is 0.500. The lowest BCUT2D eigenvalue weighted by atomic mass is 10.1. The van der Waals surface area contributed by atoms with Gasteiger partial charge < -0.3 is 21.3 Å². The first-order valence-corrected chi connectivity index (χ1v) is 9.82. The van der Waals surface area contributed by atoms with Crippen molar-refractivity contribution in [2.75, 3.05) is 41.7 Å². The van der Waals surface area contributed by atoms with Crippen LogP contribution in [0.25, 0.3) is 0 Å². The van der Waals surface area contributed by atoms with E-state index < -0.39 is 0 Å². The van der Waals surface area contributed by atoms with Crippen molar-refractivity contribution >= 4 is 17.3 Å². The second kappa shape index (κ2) is 7.60. The maximum atomic E-state index is 13.4. The maximum absolute atomic E-state index is 13.4. The third kappa shape index (κ3) is 3.64. The lowest BCUT2D eigenvalue weighted by Crippen LogP contribution is -2.46. The van der Waals surface area contributed by atoms with Crippen LogP contribution < -0.4 is 26.8 Å². The van der Waals surface area contributed by atoms with Crippen molar-refractivity contribution in [1.29, 1.82) is 0 Å². The molecule has 2 aromatic rings. The van der Waals surface area contributed by atoms with Gasteiger partial charge in [-0.3, -0.25) is 9.36 Å². The molecule has 4 N–H and O–H groups in total. The van der Waals surface area contributed by atoms with Crippen LogP contribution in [-0.4, -0.2) is 41.8 Å². The Balaban J connectivity index is 1.77. The lowest BCUT2D eigenvalue weighted by Gasteiger charge is -2.33. The van der Waals surface area contributed by atoms with Crippen LogP contribution in [0.3, 0.4) is 0 Å². The Morgan fingerprint density at radius 3 is 2.56 bits per heavy atom. The van der Waals surface area contributed by atoms with E-state index in [2.05, 4.69) is 9.80 Å². The Labute approximate surface area is 159 Å². The summed E-state index contributed by atoms with van der Waals surface area (Å²) in [7, 11) is 0. The number of anilines is 3. The number of nitrogens with zero attached hydrogens (tertiary/aromatic N) is 4. The SMILES string of the molecule is Nc1ccccc1Cn1c(N2CCC[C@@H](N)C2)ncc(N2CCCC2)c1=O. The molecule has 2 aliphatic heterocycles. The maximum Gasteiger partial charge on any atom is 0.278 e. The van der Waals surface area contributed by atoms with E-state index in [9.17, 15) is 4.79 Å². The van der Waals surface area contributed by atoms with Gasteiger partial charge in [-0.2, -0.15) is 0 Å². The molecule has 2 fully saturated rings. The van der Waals surface area contributed by atoms with Crippen LogP contribution in [-0.2, 0) is 6.54 Å². The summed E-state index contributed by atoms with van der Waals surface area (Å²) < 4.78 is 1.78. The normalized spacial score (nSPS) is 20.3. The molecular formula is C20H28N6O. The molecule has 7 heteroatoms. The van der Waals surface area contributed by atoms with Gasteiger partial charge in [-0.05, 0) is 37.3 Å². The van der Waals surface area contributed by atoms with E-state index in [0.717, 1.165) is 57.4 Å². The Hall–Kier alpha value is -2.54. The van der Waals surface area contributed by atoms with Crippen molar-refractivity contribution in [3.8, 4) is 0 Å². The highest BCUT2D eigenvalue weighted by Gasteiger charge is 2.24. The fourth-order valence-electron chi connectivity index (χ4n) is 4.08. The average molecular weight is 368 g/mol. The second-order valence-corrected chi connectivity index (χ2v) is 7.58. The number of hydrogen-bond acceptors (Lipinski definition) is 6. The van der Waals surface area contributed by atoms with Crippen molar-refractivity contribution < 1.29 is 0 Å². The van der Waals surface area contributed by atoms with Crippen molar-refractivity contribution in [1.82, 2.24) is 9.55 Å². The van der Waals surface area contributed by atoms with Gasteiger partial charge in [0.25, 0.3) is 5.56 Å². The number of piperidine rings is 1. The van der Waals surface area contributed by atoms with Gasteiger partial charge in [-0.1, -0.05) is 18.2 Å². The van der Waals surface area contributed by atoms with Gasteiger partial charge in [0.2, 0.25) is 5.95 Å². The Bertz CT molecular complexity index is 858.